The number of carboxylic acids is 1. The number of aliphatic carboxylic acids is 1. The van der Waals surface area contributed by atoms with Gasteiger partial charge >= 0.3 is 5.97 Å². The minimum absolute atomic E-state index is 0.205. The Labute approximate surface area is 89.7 Å². The van der Waals surface area contributed by atoms with E-state index in [1.807, 2.05) is 25.1 Å². The van der Waals surface area contributed by atoms with Crippen molar-refractivity contribution in [1.82, 2.24) is 0 Å². The lowest BCUT2D eigenvalue weighted by Crippen LogP contribution is -1.98. The first-order chi connectivity index (χ1) is 7.15. The summed E-state index contributed by atoms with van der Waals surface area (Å²) in [4.78, 5) is 10.4. The van der Waals surface area contributed by atoms with Gasteiger partial charge in [-0.3, -0.25) is 4.79 Å². The highest BCUT2D eigenvalue weighted by atomic mass is 16.5. The van der Waals surface area contributed by atoms with Crippen LogP contribution in [0.2, 0.25) is 0 Å². The number of carbonyl (C=O) groups is 1. The highest BCUT2D eigenvalue weighted by Gasteiger charge is 2.06. The molecule has 0 bridgehead atoms. The Bertz CT molecular complexity index is 345. The summed E-state index contributed by atoms with van der Waals surface area (Å²) >= 11 is 0. The van der Waals surface area contributed by atoms with Gasteiger partial charge < -0.3 is 9.84 Å². The SMILES string of the molecule is COc1c(C)cccc1CCCC(=O)O. The molecule has 0 aliphatic heterocycles. The van der Waals surface area contributed by atoms with E-state index in [9.17, 15) is 4.79 Å². The summed E-state index contributed by atoms with van der Waals surface area (Å²) in [5.74, 6) is 0.129. The summed E-state index contributed by atoms with van der Waals surface area (Å²) in [6.07, 6.45) is 1.60. The zero-order valence-electron chi connectivity index (χ0n) is 9.12. The zero-order valence-corrected chi connectivity index (χ0v) is 9.12. The van der Waals surface area contributed by atoms with Gasteiger partial charge in [-0.1, -0.05) is 18.2 Å². The van der Waals surface area contributed by atoms with E-state index >= 15 is 0 Å². The van der Waals surface area contributed by atoms with Crippen molar-refractivity contribution >= 4 is 5.97 Å². The molecule has 1 aromatic rings. The lowest BCUT2D eigenvalue weighted by molar-refractivity contribution is -0.137. The van der Waals surface area contributed by atoms with E-state index < -0.39 is 5.97 Å². The summed E-state index contributed by atoms with van der Waals surface area (Å²) in [5, 5.41) is 8.54. The fourth-order valence-electron chi connectivity index (χ4n) is 1.63. The molecule has 0 atom stereocenters. The molecule has 0 aliphatic carbocycles. The fraction of sp³-hybridized carbons (Fsp3) is 0.417. The van der Waals surface area contributed by atoms with Crippen molar-refractivity contribution in [2.75, 3.05) is 7.11 Å². The number of benzene rings is 1. The van der Waals surface area contributed by atoms with Crippen LogP contribution in [0.3, 0.4) is 0 Å². The fourth-order valence-corrected chi connectivity index (χ4v) is 1.63. The molecule has 3 nitrogen and oxygen atoms in total. The molecule has 0 spiro atoms. The first-order valence-corrected chi connectivity index (χ1v) is 4.99. The summed E-state index contributed by atoms with van der Waals surface area (Å²) in [6.45, 7) is 1.99. The molecule has 0 radical (unpaired) electrons. The first-order valence-electron chi connectivity index (χ1n) is 4.99. The maximum atomic E-state index is 10.4. The maximum Gasteiger partial charge on any atom is 0.303 e. The Morgan fingerprint density at radius 2 is 2.20 bits per heavy atom. The molecule has 0 aromatic heterocycles. The molecule has 0 aliphatic rings. The van der Waals surface area contributed by atoms with Crippen molar-refractivity contribution in [2.45, 2.75) is 26.2 Å². The second-order valence-electron chi connectivity index (χ2n) is 3.51. The average molecular weight is 208 g/mol. The molecule has 1 aromatic carbocycles. The van der Waals surface area contributed by atoms with E-state index in [-0.39, 0.29) is 6.42 Å². The predicted octanol–water partition coefficient (Wildman–Crippen LogP) is 2.41. The maximum absolute atomic E-state index is 10.4. The largest absolute Gasteiger partial charge is 0.496 e. The second kappa shape index (κ2) is 5.39. The Kier molecular flexibility index (Phi) is 4.16. The number of hydrogen-bond donors (Lipinski definition) is 1. The van der Waals surface area contributed by atoms with Crippen molar-refractivity contribution < 1.29 is 14.6 Å². The predicted molar refractivity (Wildman–Crippen MR) is 58.3 cm³/mol. The van der Waals surface area contributed by atoms with Gasteiger partial charge in [-0.2, -0.15) is 0 Å². The van der Waals surface area contributed by atoms with Crippen molar-refractivity contribution in [3.63, 3.8) is 0 Å². The number of rotatable bonds is 5. The number of carboxylic acid groups (broad SMARTS) is 1. The number of aryl methyl sites for hydroxylation is 2. The molecule has 15 heavy (non-hydrogen) atoms. The molecule has 0 saturated heterocycles. The van der Waals surface area contributed by atoms with Gasteiger partial charge in [0.15, 0.2) is 0 Å². The van der Waals surface area contributed by atoms with Crippen LogP contribution in [0, 0.1) is 6.92 Å². The van der Waals surface area contributed by atoms with E-state index in [0.29, 0.717) is 6.42 Å². The molecule has 0 fully saturated rings. The molecule has 0 heterocycles. The molecule has 3 heteroatoms. The summed E-state index contributed by atoms with van der Waals surface area (Å²) in [7, 11) is 1.64. The normalized spacial score (nSPS) is 10.0. The van der Waals surface area contributed by atoms with Crippen LogP contribution in [-0.4, -0.2) is 18.2 Å². The molecule has 1 rings (SSSR count). The standard InChI is InChI=1S/C12H16O3/c1-9-5-3-6-10(12(9)15-2)7-4-8-11(13)14/h3,5-6H,4,7-8H2,1-2H3,(H,13,14). The Morgan fingerprint density at radius 1 is 1.47 bits per heavy atom. The Balaban J connectivity index is 2.67. The van der Waals surface area contributed by atoms with Gasteiger partial charge in [0.2, 0.25) is 0 Å². The van der Waals surface area contributed by atoms with Crippen LogP contribution in [0.5, 0.6) is 5.75 Å². The Morgan fingerprint density at radius 3 is 2.80 bits per heavy atom. The topological polar surface area (TPSA) is 46.5 Å². The molecular formula is C12H16O3. The molecule has 1 N–H and O–H groups in total. The summed E-state index contributed by atoms with van der Waals surface area (Å²) in [6, 6.07) is 5.93. The molecule has 0 saturated carbocycles. The highest BCUT2D eigenvalue weighted by molar-refractivity contribution is 5.66. The van der Waals surface area contributed by atoms with E-state index in [4.69, 9.17) is 9.84 Å². The van der Waals surface area contributed by atoms with Gasteiger partial charge in [0.25, 0.3) is 0 Å². The van der Waals surface area contributed by atoms with Crippen LogP contribution in [0.1, 0.15) is 24.0 Å². The van der Waals surface area contributed by atoms with Crippen LogP contribution >= 0.6 is 0 Å². The van der Waals surface area contributed by atoms with E-state index in [1.165, 1.54) is 0 Å². The monoisotopic (exact) mass is 208 g/mol. The minimum atomic E-state index is -0.749. The van der Waals surface area contributed by atoms with Crippen molar-refractivity contribution in [1.29, 1.82) is 0 Å². The third-order valence-corrected chi connectivity index (χ3v) is 2.33. The van der Waals surface area contributed by atoms with Crippen molar-refractivity contribution in [3.8, 4) is 5.75 Å². The van der Waals surface area contributed by atoms with Crippen molar-refractivity contribution in [3.05, 3.63) is 29.3 Å². The third kappa shape index (κ3) is 3.27. The number of ether oxygens (including phenoxy) is 1. The van der Waals surface area contributed by atoms with Gasteiger partial charge in [-0.15, -0.1) is 0 Å². The second-order valence-corrected chi connectivity index (χ2v) is 3.51. The van der Waals surface area contributed by atoms with Crippen LogP contribution in [0.25, 0.3) is 0 Å². The quantitative estimate of drug-likeness (QED) is 0.808. The van der Waals surface area contributed by atoms with E-state index in [2.05, 4.69) is 0 Å². The van der Waals surface area contributed by atoms with Crippen LogP contribution in [0.4, 0.5) is 0 Å². The van der Waals surface area contributed by atoms with Crippen LogP contribution in [-0.2, 0) is 11.2 Å². The smallest absolute Gasteiger partial charge is 0.303 e. The first kappa shape index (κ1) is 11.6. The molecule has 0 unspecified atom stereocenters. The third-order valence-electron chi connectivity index (χ3n) is 2.33. The van der Waals surface area contributed by atoms with Gasteiger partial charge in [-0.05, 0) is 30.9 Å². The van der Waals surface area contributed by atoms with Gasteiger partial charge in [0, 0.05) is 6.42 Å². The molecular weight excluding hydrogens is 192 g/mol. The molecule has 0 amide bonds. The summed E-state index contributed by atoms with van der Waals surface area (Å²) < 4.78 is 5.29. The number of methoxy groups -OCH3 is 1. The van der Waals surface area contributed by atoms with E-state index in [1.54, 1.807) is 7.11 Å². The highest BCUT2D eigenvalue weighted by Crippen LogP contribution is 2.24. The molecule has 82 valence electrons. The van der Waals surface area contributed by atoms with Gasteiger partial charge in [0.1, 0.15) is 5.75 Å². The summed E-state index contributed by atoms with van der Waals surface area (Å²) in [5.41, 5.74) is 2.17. The number of hydrogen-bond acceptors (Lipinski definition) is 2. The van der Waals surface area contributed by atoms with Crippen molar-refractivity contribution in [2.24, 2.45) is 0 Å². The minimum Gasteiger partial charge on any atom is -0.496 e. The number of para-hydroxylation sites is 1. The van der Waals surface area contributed by atoms with Gasteiger partial charge in [-0.25, -0.2) is 0 Å². The van der Waals surface area contributed by atoms with E-state index in [0.717, 1.165) is 23.3 Å². The Hall–Kier alpha value is -1.51. The lowest BCUT2D eigenvalue weighted by Gasteiger charge is -2.10. The lowest BCUT2D eigenvalue weighted by atomic mass is 10.0. The average Bonchev–Trinajstić information content (AvgIpc) is 2.17. The van der Waals surface area contributed by atoms with Gasteiger partial charge in [0.05, 0.1) is 7.11 Å². The zero-order chi connectivity index (χ0) is 11.3. The van der Waals surface area contributed by atoms with Crippen LogP contribution in [0.15, 0.2) is 18.2 Å². The van der Waals surface area contributed by atoms with Crippen LogP contribution < -0.4 is 4.74 Å².